The Balaban J connectivity index is 0. The molecular weight excluding hydrogens is 249 g/mol. The van der Waals surface area contributed by atoms with E-state index in [0.717, 1.165) is 18.0 Å². The van der Waals surface area contributed by atoms with Crippen molar-refractivity contribution in [1.82, 2.24) is 0 Å². The fraction of sp³-hybridized carbons (Fsp3) is 0.182. The van der Waals surface area contributed by atoms with Gasteiger partial charge in [-0.3, -0.25) is 0 Å². The quantitative estimate of drug-likeness (QED) is 0.729. The van der Waals surface area contributed by atoms with Crippen LogP contribution in [0.25, 0.3) is 16.7 Å². The first-order valence-electron chi connectivity index (χ1n) is 4.28. The Morgan fingerprint density at radius 3 is 2.07 bits per heavy atom. The topological polar surface area (TPSA) is 46.1 Å². The van der Waals surface area contributed by atoms with Gasteiger partial charge in [-0.05, 0) is 5.56 Å². The third-order valence-electron chi connectivity index (χ3n) is 1.40. The molecule has 0 atom stereocenters. The smallest absolute Gasteiger partial charge is 0 e. The maximum Gasteiger partial charge on any atom is 0 e. The molecule has 3 heteroatoms. The Morgan fingerprint density at radius 1 is 1.21 bits per heavy atom. The standard InChI is InChI=1S/C9H8N2.C2H6.Y/c10-6-9(7-11)8-4-2-1-3-5-8;1-2;/h1-7,10H;1-2H3;/q-2;;/b9-6+;;. The minimum Gasteiger partial charge on any atom is -0.810 e. The largest absolute Gasteiger partial charge is 0.810 e. The Bertz CT molecular complexity index is 268. The summed E-state index contributed by atoms with van der Waals surface area (Å²) < 4.78 is 0. The van der Waals surface area contributed by atoms with Crippen LogP contribution in [0.15, 0.2) is 36.5 Å². The molecule has 0 bridgehead atoms. The molecule has 0 aliphatic carbocycles. The van der Waals surface area contributed by atoms with Crippen LogP contribution >= 0.6 is 0 Å². The number of rotatable bonds is 2. The van der Waals surface area contributed by atoms with Crippen LogP contribution in [-0.4, -0.2) is 6.21 Å². The zero-order valence-electron chi connectivity index (χ0n) is 8.57. The predicted molar refractivity (Wildman–Crippen MR) is 59.5 cm³/mol. The van der Waals surface area contributed by atoms with Crippen LogP contribution in [-0.2, 0) is 32.7 Å². The van der Waals surface area contributed by atoms with Gasteiger partial charge in [0.2, 0.25) is 0 Å². The molecule has 1 aromatic rings. The molecule has 0 saturated carbocycles. The van der Waals surface area contributed by atoms with Crippen molar-refractivity contribution in [1.29, 1.82) is 0 Å². The summed E-state index contributed by atoms with van der Waals surface area (Å²) in [6.07, 6.45) is 2.05. The molecule has 2 nitrogen and oxygen atoms in total. The third kappa shape index (κ3) is 5.30. The average molecular weight is 263 g/mol. The molecule has 14 heavy (non-hydrogen) atoms. The van der Waals surface area contributed by atoms with Crippen molar-refractivity contribution in [3.05, 3.63) is 53.2 Å². The number of nitrogens with zero attached hydrogens (tertiary/aromatic N) is 1. The van der Waals surface area contributed by atoms with E-state index in [-0.39, 0.29) is 32.7 Å². The van der Waals surface area contributed by atoms with Crippen LogP contribution < -0.4 is 0 Å². The van der Waals surface area contributed by atoms with Crippen molar-refractivity contribution in [2.24, 2.45) is 0 Å². The molecule has 0 saturated heterocycles. The van der Waals surface area contributed by atoms with Gasteiger partial charge in [0.25, 0.3) is 0 Å². The van der Waals surface area contributed by atoms with Gasteiger partial charge in [0.1, 0.15) is 0 Å². The van der Waals surface area contributed by atoms with E-state index in [0.29, 0.717) is 5.57 Å². The molecule has 0 aliphatic heterocycles. The Labute approximate surface area is 111 Å². The van der Waals surface area contributed by atoms with Gasteiger partial charge < -0.3 is 11.1 Å². The first kappa shape index (κ1) is 16.0. The molecule has 1 aromatic carbocycles. The summed E-state index contributed by atoms with van der Waals surface area (Å²) in [5.41, 5.74) is 8.32. The van der Waals surface area contributed by atoms with Crippen LogP contribution in [0, 0.1) is 0 Å². The van der Waals surface area contributed by atoms with Crippen molar-refractivity contribution in [2.75, 3.05) is 0 Å². The van der Waals surface area contributed by atoms with Crippen LogP contribution in [0.1, 0.15) is 19.4 Å². The number of nitrogens with one attached hydrogen (secondary N) is 1. The maximum absolute atomic E-state index is 8.67. The summed E-state index contributed by atoms with van der Waals surface area (Å²) in [4.78, 5) is 0. The number of hydrogen-bond acceptors (Lipinski definition) is 0. The van der Waals surface area contributed by atoms with Crippen molar-refractivity contribution in [3.63, 3.8) is 0 Å². The molecule has 0 heterocycles. The average Bonchev–Trinajstić information content (AvgIpc) is 2.24. The molecule has 0 unspecified atom stereocenters. The first-order chi connectivity index (χ1) is 6.38. The van der Waals surface area contributed by atoms with Gasteiger partial charge in [-0.2, -0.15) is 12.4 Å². The first-order valence-corrected chi connectivity index (χ1v) is 4.28. The van der Waals surface area contributed by atoms with Crippen molar-refractivity contribution < 1.29 is 32.7 Å². The van der Waals surface area contributed by atoms with Crippen molar-refractivity contribution in [3.8, 4) is 0 Å². The van der Waals surface area contributed by atoms with Gasteiger partial charge in [-0.15, -0.1) is 0 Å². The third-order valence-corrected chi connectivity index (χ3v) is 1.40. The molecule has 1 radical (unpaired) electrons. The number of benzene rings is 1. The maximum atomic E-state index is 8.67. The molecule has 73 valence electrons. The minimum atomic E-state index is 0. The van der Waals surface area contributed by atoms with Gasteiger partial charge in [0, 0.05) is 32.7 Å². The Hall–Kier alpha value is -0.466. The van der Waals surface area contributed by atoms with Gasteiger partial charge in [-0.25, -0.2) is 0 Å². The fourth-order valence-corrected chi connectivity index (χ4v) is 0.826. The van der Waals surface area contributed by atoms with E-state index in [9.17, 15) is 0 Å². The summed E-state index contributed by atoms with van der Waals surface area (Å²) in [6.45, 7) is 4.00. The fourth-order valence-electron chi connectivity index (χ4n) is 0.826. The molecule has 1 rings (SSSR count). The van der Waals surface area contributed by atoms with Gasteiger partial charge in [0.15, 0.2) is 0 Å². The Kier molecular flexibility index (Phi) is 12.1. The van der Waals surface area contributed by atoms with Crippen molar-refractivity contribution >= 4 is 11.8 Å². The second-order valence-electron chi connectivity index (χ2n) is 2.09. The molecule has 0 aromatic heterocycles. The second-order valence-corrected chi connectivity index (χ2v) is 2.09. The summed E-state index contributed by atoms with van der Waals surface area (Å²) in [7, 11) is 0. The number of allylic oxidation sites excluding steroid dienone is 1. The molecule has 0 fully saturated rings. The van der Waals surface area contributed by atoms with E-state index in [1.165, 1.54) is 0 Å². The summed E-state index contributed by atoms with van der Waals surface area (Å²) in [6, 6.07) is 9.30. The van der Waals surface area contributed by atoms with Gasteiger partial charge >= 0.3 is 0 Å². The van der Waals surface area contributed by atoms with Crippen LogP contribution in [0.3, 0.4) is 0 Å². The molecule has 0 spiro atoms. The zero-order chi connectivity index (χ0) is 10.1. The summed E-state index contributed by atoms with van der Waals surface area (Å²) in [5.74, 6) is 0. The summed E-state index contributed by atoms with van der Waals surface area (Å²) >= 11 is 0. The SMILES string of the molecule is CC.[N-]=C/C(=C\[NH-])c1ccccc1.[Y]. The molecule has 0 amide bonds. The Morgan fingerprint density at radius 2 is 1.71 bits per heavy atom. The van der Waals surface area contributed by atoms with Crippen LogP contribution in [0.4, 0.5) is 0 Å². The monoisotopic (exact) mass is 263 g/mol. The minimum absolute atomic E-state index is 0. The number of hydrogen-bond donors (Lipinski definition) is 0. The summed E-state index contributed by atoms with van der Waals surface area (Å²) in [5, 5.41) is 8.67. The van der Waals surface area contributed by atoms with E-state index < -0.39 is 0 Å². The van der Waals surface area contributed by atoms with Gasteiger partial charge in [-0.1, -0.05) is 49.8 Å². The van der Waals surface area contributed by atoms with E-state index in [4.69, 9.17) is 11.1 Å². The van der Waals surface area contributed by atoms with E-state index >= 15 is 0 Å². The zero-order valence-corrected chi connectivity index (χ0v) is 11.4. The van der Waals surface area contributed by atoms with Crippen molar-refractivity contribution in [2.45, 2.75) is 13.8 Å². The van der Waals surface area contributed by atoms with E-state index in [1.54, 1.807) is 0 Å². The van der Waals surface area contributed by atoms with E-state index in [2.05, 4.69) is 0 Å². The molecular formula is C11H14N2Y-2. The van der Waals surface area contributed by atoms with Crippen LogP contribution in [0.5, 0.6) is 0 Å². The predicted octanol–water partition coefficient (Wildman–Crippen LogP) is 3.74. The van der Waals surface area contributed by atoms with Crippen LogP contribution in [0.2, 0.25) is 0 Å². The molecule has 1 N–H and O–H groups in total. The molecule has 0 aliphatic rings. The van der Waals surface area contributed by atoms with Gasteiger partial charge in [0.05, 0.1) is 0 Å². The second kappa shape index (κ2) is 10.6. The normalized spacial score (nSPS) is 9.14. The van der Waals surface area contributed by atoms with E-state index in [1.807, 2.05) is 44.2 Å².